The van der Waals surface area contributed by atoms with Crippen molar-refractivity contribution in [3.05, 3.63) is 53.9 Å². The molecule has 9 nitrogen and oxygen atoms in total. The fourth-order valence-corrected chi connectivity index (χ4v) is 4.44. The van der Waals surface area contributed by atoms with Crippen molar-refractivity contribution in [2.45, 2.75) is 45.2 Å². The van der Waals surface area contributed by atoms with Crippen LogP contribution in [-0.2, 0) is 11.3 Å². The molecular weight excluding hydrogens is 430 g/mol. The molecule has 0 aliphatic carbocycles. The van der Waals surface area contributed by atoms with Crippen molar-refractivity contribution in [2.24, 2.45) is 5.73 Å². The summed E-state index contributed by atoms with van der Waals surface area (Å²) in [6.45, 7) is 3.53. The Labute approximate surface area is 198 Å². The van der Waals surface area contributed by atoms with Crippen LogP contribution in [0.15, 0.2) is 42.7 Å². The minimum absolute atomic E-state index is 0.0146. The maximum Gasteiger partial charge on any atom is 0.298 e. The third-order valence-electron chi connectivity index (χ3n) is 6.08. The number of carbonyl (C=O) groups excluding carboxylic acids is 2. The van der Waals surface area contributed by atoms with Gasteiger partial charge in [0.15, 0.2) is 0 Å². The van der Waals surface area contributed by atoms with Gasteiger partial charge in [0.2, 0.25) is 0 Å². The van der Waals surface area contributed by atoms with E-state index in [2.05, 4.69) is 16.9 Å². The molecule has 34 heavy (non-hydrogen) atoms. The molecule has 4 N–H and O–H groups in total. The normalized spacial score (nSPS) is 14.7. The lowest BCUT2D eigenvalue weighted by Crippen LogP contribution is -2.34. The quantitative estimate of drug-likeness (QED) is 0.567. The largest absolute Gasteiger partial charge is 0.383 e. The Morgan fingerprint density at radius 1 is 1.15 bits per heavy atom. The van der Waals surface area contributed by atoms with Crippen LogP contribution in [0.4, 0.5) is 5.82 Å². The second kappa shape index (κ2) is 10.3. The van der Waals surface area contributed by atoms with Crippen LogP contribution >= 0.6 is 0 Å². The van der Waals surface area contributed by atoms with Crippen molar-refractivity contribution in [3.63, 3.8) is 0 Å². The van der Waals surface area contributed by atoms with E-state index in [0.717, 1.165) is 31.2 Å². The third-order valence-corrected chi connectivity index (χ3v) is 6.08. The Balaban J connectivity index is 1.56. The minimum Gasteiger partial charge on any atom is -0.383 e. The number of anilines is 1. The van der Waals surface area contributed by atoms with Gasteiger partial charge in [-0.05, 0) is 44.1 Å². The average molecular weight is 460 g/mol. The van der Waals surface area contributed by atoms with Crippen LogP contribution in [0.25, 0.3) is 11.3 Å². The van der Waals surface area contributed by atoms with Crippen molar-refractivity contribution in [1.29, 1.82) is 0 Å². The molecule has 4 rings (SSSR count). The number of nitrogens with zero attached hydrogens (tertiary/aromatic N) is 5. The van der Waals surface area contributed by atoms with Gasteiger partial charge in [-0.15, -0.1) is 0 Å². The van der Waals surface area contributed by atoms with Gasteiger partial charge in [0.1, 0.15) is 17.1 Å². The second-order valence-corrected chi connectivity index (χ2v) is 8.44. The predicted molar refractivity (Wildman–Crippen MR) is 129 cm³/mol. The highest BCUT2D eigenvalue weighted by atomic mass is 16.2. The van der Waals surface area contributed by atoms with Gasteiger partial charge in [0.25, 0.3) is 11.8 Å². The van der Waals surface area contributed by atoms with E-state index in [-0.39, 0.29) is 23.3 Å². The standard InChI is InChI=1S/C25H29N7O2/c1-2-8-21(33)30-13-6-11-20(12-7-14-30)32-24(26)22(25(27)34)23(29-32)19-15-28-31(17-19)16-18-9-4-3-5-10-18/h3-5,9-10,15,17,20H,6-7,11-14,16,26H2,1H3,(H2,27,34). The Morgan fingerprint density at radius 2 is 1.85 bits per heavy atom. The lowest BCUT2D eigenvalue weighted by Gasteiger charge is -2.27. The van der Waals surface area contributed by atoms with Gasteiger partial charge in [0.05, 0.1) is 18.8 Å². The zero-order valence-corrected chi connectivity index (χ0v) is 19.3. The molecule has 0 radical (unpaired) electrons. The van der Waals surface area contributed by atoms with Crippen LogP contribution in [0.2, 0.25) is 0 Å². The average Bonchev–Trinajstić information content (AvgIpc) is 3.39. The summed E-state index contributed by atoms with van der Waals surface area (Å²) in [5.41, 5.74) is 14.6. The topological polar surface area (TPSA) is 125 Å². The van der Waals surface area contributed by atoms with Crippen molar-refractivity contribution in [2.75, 3.05) is 18.8 Å². The first-order chi connectivity index (χ1) is 16.5. The molecule has 1 saturated heterocycles. The summed E-state index contributed by atoms with van der Waals surface area (Å²) in [6.07, 6.45) is 6.66. The molecule has 0 unspecified atom stereocenters. The Bertz CT molecular complexity index is 1220. The maximum atomic E-state index is 12.3. The third kappa shape index (κ3) is 4.96. The highest BCUT2D eigenvalue weighted by Crippen LogP contribution is 2.32. The van der Waals surface area contributed by atoms with E-state index in [9.17, 15) is 9.59 Å². The summed E-state index contributed by atoms with van der Waals surface area (Å²) in [5.74, 6) is 4.81. The van der Waals surface area contributed by atoms with Gasteiger partial charge in [-0.2, -0.15) is 10.2 Å². The zero-order valence-electron chi connectivity index (χ0n) is 19.3. The first-order valence-electron chi connectivity index (χ1n) is 11.4. The molecule has 2 aromatic heterocycles. The number of nitrogens with two attached hydrogens (primary N) is 2. The van der Waals surface area contributed by atoms with Crippen LogP contribution < -0.4 is 11.5 Å². The van der Waals surface area contributed by atoms with Crippen molar-refractivity contribution < 1.29 is 9.59 Å². The van der Waals surface area contributed by atoms with E-state index >= 15 is 0 Å². The van der Waals surface area contributed by atoms with E-state index < -0.39 is 5.91 Å². The van der Waals surface area contributed by atoms with Crippen molar-refractivity contribution >= 4 is 17.6 Å². The molecule has 1 fully saturated rings. The number of rotatable bonds is 5. The van der Waals surface area contributed by atoms with Gasteiger partial charge in [-0.25, -0.2) is 4.68 Å². The van der Waals surface area contributed by atoms with Gasteiger partial charge in [-0.1, -0.05) is 36.3 Å². The smallest absolute Gasteiger partial charge is 0.298 e. The summed E-state index contributed by atoms with van der Waals surface area (Å²) in [6, 6.07) is 10.0. The summed E-state index contributed by atoms with van der Waals surface area (Å²) >= 11 is 0. The number of likely N-dealkylation sites (tertiary alicyclic amines) is 1. The highest BCUT2D eigenvalue weighted by Gasteiger charge is 2.27. The van der Waals surface area contributed by atoms with E-state index in [4.69, 9.17) is 16.6 Å². The fourth-order valence-electron chi connectivity index (χ4n) is 4.44. The van der Waals surface area contributed by atoms with Crippen LogP contribution in [0.1, 0.15) is 54.6 Å². The summed E-state index contributed by atoms with van der Waals surface area (Å²) < 4.78 is 3.53. The molecule has 3 heterocycles. The van der Waals surface area contributed by atoms with E-state index in [1.54, 1.807) is 27.4 Å². The molecule has 176 valence electrons. The maximum absolute atomic E-state index is 12.3. The molecule has 0 atom stereocenters. The molecule has 0 spiro atoms. The lowest BCUT2D eigenvalue weighted by atomic mass is 10.0. The molecular formula is C25H29N7O2. The number of amides is 2. The van der Waals surface area contributed by atoms with Crippen LogP contribution in [0.3, 0.4) is 0 Å². The summed E-state index contributed by atoms with van der Waals surface area (Å²) in [4.78, 5) is 26.2. The van der Waals surface area contributed by atoms with Crippen LogP contribution in [0, 0.1) is 11.8 Å². The monoisotopic (exact) mass is 459 g/mol. The number of hydrogen-bond acceptors (Lipinski definition) is 5. The molecule has 0 bridgehead atoms. The molecule has 3 aromatic rings. The van der Waals surface area contributed by atoms with Gasteiger partial charge in [-0.3, -0.25) is 14.3 Å². The van der Waals surface area contributed by atoms with Gasteiger partial charge >= 0.3 is 0 Å². The molecule has 0 saturated carbocycles. The number of primary amides is 1. The number of aromatic nitrogens is 4. The Hall–Kier alpha value is -4.06. The summed E-state index contributed by atoms with van der Waals surface area (Å²) in [7, 11) is 0. The molecule has 1 aliphatic heterocycles. The molecule has 1 aliphatic rings. The van der Waals surface area contributed by atoms with Gasteiger partial charge in [0, 0.05) is 24.8 Å². The Morgan fingerprint density at radius 3 is 2.50 bits per heavy atom. The first kappa shape index (κ1) is 23.1. The van der Waals surface area contributed by atoms with Gasteiger partial charge < -0.3 is 16.4 Å². The van der Waals surface area contributed by atoms with E-state index in [0.29, 0.717) is 30.9 Å². The fraction of sp³-hybridized carbons (Fsp3) is 0.360. The SMILES string of the molecule is CC#CC(=O)N1CCCC(n2nc(-c3cnn(Cc4ccccc4)c3)c(C(N)=O)c2N)CCC1. The number of nitrogen functional groups attached to an aromatic ring is 1. The molecule has 1 aromatic carbocycles. The summed E-state index contributed by atoms with van der Waals surface area (Å²) in [5, 5.41) is 9.17. The molecule has 9 heteroatoms. The lowest BCUT2D eigenvalue weighted by molar-refractivity contribution is -0.125. The van der Waals surface area contributed by atoms with E-state index in [1.807, 2.05) is 36.5 Å². The number of carbonyl (C=O) groups is 2. The molecule has 2 amide bonds. The highest BCUT2D eigenvalue weighted by molar-refractivity contribution is 6.03. The second-order valence-electron chi connectivity index (χ2n) is 8.44. The Kier molecular flexibility index (Phi) is 6.97. The number of benzene rings is 1. The predicted octanol–water partition coefficient (Wildman–Crippen LogP) is 2.44. The first-order valence-corrected chi connectivity index (χ1v) is 11.4. The van der Waals surface area contributed by atoms with Crippen LogP contribution in [-0.4, -0.2) is 49.4 Å². The minimum atomic E-state index is -0.615. The van der Waals surface area contributed by atoms with Crippen molar-refractivity contribution in [3.8, 4) is 23.1 Å². The number of hydrogen-bond donors (Lipinski definition) is 2. The van der Waals surface area contributed by atoms with Crippen molar-refractivity contribution in [1.82, 2.24) is 24.5 Å². The van der Waals surface area contributed by atoms with Crippen LogP contribution in [0.5, 0.6) is 0 Å². The van der Waals surface area contributed by atoms with E-state index in [1.165, 1.54) is 0 Å². The zero-order chi connectivity index (χ0) is 24.1.